The fourth-order valence-corrected chi connectivity index (χ4v) is 3.97. The van der Waals surface area contributed by atoms with Crippen molar-refractivity contribution in [2.45, 2.75) is 57.5 Å². The second kappa shape index (κ2) is 5.57. The molecule has 3 rings (SSSR count). The Hall–Kier alpha value is -0.730. The molecule has 110 valence electrons. The maximum Gasteiger partial charge on any atom is 0.0639 e. The molecule has 0 bridgehead atoms. The van der Waals surface area contributed by atoms with Gasteiger partial charge in [0.25, 0.3) is 0 Å². The summed E-state index contributed by atoms with van der Waals surface area (Å²) in [7, 11) is 0. The summed E-state index contributed by atoms with van der Waals surface area (Å²) < 4.78 is 0. The molecule has 1 saturated carbocycles. The lowest BCUT2D eigenvalue weighted by molar-refractivity contribution is 0.200. The van der Waals surface area contributed by atoms with Crippen LogP contribution in [0, 0.1) is 6.92 Å². The Kier molecular flexibility index (Phi) is 3.96. The highest BCUT2D eigenvalue weighted by molar-refractivity contribution is 6.33. The van der Waals surface area contributed by atoms with E-state index < -0.39 is 0 Å². The Morgan fingerprint density at radius 2 is 2.00 bits per heavy atom. The van der Waals surface area contributed by atoms with Gasteiger partial charge in [-0.1, -0.05) is 36.9 Å². The topological polar surface area (TPSA) is 15.3 Å². The van der Waals surface area contributed by atoms with Crippen LogP contribution in [0.2, 0.25) is 5.02 Å². The van der Waals surface area contributed by atoms with Crippen LogP contribution in [0.3, 0.4) is 0 Å². The Morgan fingerprint density at radius 3 is 2.75 bits per heavy atom. The number of halogens is 1. The summed E-state index contributed by atoms with van der Waals surface area (Å²) in [6, 6.07) is 6.87. The molecule has 0 aromatic heterocycles. The van der Waals surface area contributed by atoms with Crippen LogP contribution in [-0.4, -0.2) is 24.7 Å². The van der Waals surface area contributed by atoms with E-state index in [9.17, 15) is 0 Å². The number of hydrogen-bond donors (Lipinski definition) is 1. The van der Waals surface area contributed by atoms with Gasteiger partial charge in [0.15, 0.2) is 0 Å². The van der Waals surface area contributed by atoms with Crippen molar-refractivity contribution < 1.29 is 0 Å². The monoisotopic (exact) mass is 292 g/mol. The number of nitrogens with zero attached hydrogens (tertiary/aromatic N) is 1. The maximum atomic E-state index is 6.46. The molecule has 0 radical (unpaired) electrons. The predicted molar refractivity (Wildman–Crippen MR) is 86.8 cm³/mol. The van der Waals surface area contributed by atoms with Gasteiger partial charge in [0.1, 0.15) is 0 Å². The minimum absolute atomic E-state index is 0.317. The summed E-state index contributed by atoms with van der Waals surface area (Å²) >= 11 is 6.46. The largest absolute Gasteiger partial charge is 0.364 e. The van der Waals surface area contributed by atoms with Gasteiger partial charge in [0, 0.05) is 24.7 Å². The summed E-state index contributed by atoms with van der Waals surface area (Å²) in [4.78, 5) is 2.52. The van der Waals surface area contributed by atoms with E-state index in [0.29, 0.717) is 11.6 Å². The van der Waals surface area contributed by atoms with E-state index in [1.165, 1.54) is 43.4 Å². The molecule has 1 heterocycles. The number of nitrogens with one attached hydrogen (secondary N) is 1. The van der Waals surface area contributed by atoms with Crippen molar-refractivity contribution in [3.05, 3.63) is 28.8 Å². The number of aryl methyl sites for hydroxylation is 1. The maximum absolute atomic E-state index is 6.46. The van der Waals surface area contributed by atoms with Crippen LogP contribution in [0.15, 0.2) is 18.2 Å². The molecule has 1 N–H and O–H groups in total. The van der Waals surface area contributed by atoms with Gasteiger partial charge in [-0.2, -0.15) is 0 Å². The van der Waals surface area contributed by atoms with Gasteiger partial charge < -0.3 is 10.2 Å². The summed E-state index contributed by atoms with van der Waals surface area (Å²) in [6.07, 6.45) is 6.72. The van der Waals surface area contributed by atoms with Crippen LogP contribution < -0.4 is 10.2 Å². The SMILES string of the molecule is Cc1ccc(Cl)c(N2CC3(CCCCC3)NCC2C)c1. The number of benzene rings is 1. The lowest BCUT2D eigenvalue weighted by Gasteiger charge is -2.50. The van der Waals surface area contributed by atoms with Crippen molar-refractivity contribution in [2.75, 3.05) is 18.0 Å². The van der Waals surface area contributed by atoms with E-state index >= 15 is 0 Å². The van der Waals surface area contributed by atoms with Crippen molar-refractivity contribution in [1.29, 1.82) is 0 Å². The molecular weight excluding hydrogens is 268 g/mol. The molecule has 1 aromatic carbocycles. The third kappa shape index (κ3) is 2.68. The third-order valence-electron chi connectivity index (χ3n) is 5.00. The molecule has 2 fully saturated rings. The number of rotatable bonds is 1. The number of hydrogen-bond acceptors (Lipinski definition) is 2. The zero-order chi connectivity index (χ0) is 14.2. The first-order valence-corrected chi connectivity index (χ1v) is 8.25. The van der Waals surface area contributed by atoms with Crippen molar-refractivity contribution in [2.24, 2.45) is 0 Å². The summed E-state index contributed by atoms with van der Waals surface area (Å²) in [5.74, 6) is 0. The molecular formula is C17H25ClN2. The molecule has 20 heavy (non-hydrogen) atoms. The van der Waals surface area contributed by atoms with Crippen LogP contribution in [0.4, 0.5) is 5.69 Å². The molecule has 1 aliphatic carbocycles. The third-order valence-corrected chi connectivity index (χ3v) is 5.32. The molecule has 1 aromatic rings. The highest BCUT2D eigenvalue weighted by Gasteiger charge is 2.39. The first kappa shape index (κ1) is 14.2. The lowest BCUT2D eigenvalue weighted by atomic mass is 9.79. The standard InChI is InChI=1S/C17H25ClN2/c1-13-6-7-15(18)16(10-13)20-12-17(19-11-14(20)2)8-4-3-5-9-17/h6-7,10,14,19H,3-5,8-9,11-12H2,1-2H3. The molecule has 3 heteroatoms. The first-order valence-electron chi connectivity index (χ1n) is 7.87. The highest BCUT2D eigenvalue weighted by atomic mass is 35.5. The average Bonchev–Trinajstić information content (AvgIpc) is 2.46. The quantitative estimate of drug-likeness (QED) is 0.836. The Bertz CT molecular complexity index is 480. The van der Waals surface area contributed by atoms with Crippen LogP contribution >= 0.6 is 11.6 Å². The van der Waals surface area contributed by atoms with E-state index in [1.807, 2.05) is 6.07 Å². The Morgan fingerprint density at radius 1 is 1.25 bits per heavy atom. The molecule has 1 saturated heterocycles. The number of piperazine rings is 1. The summed E-state index contributed by atoms with van der Waals surface area (Å²) in [6.45, 7) is 6.59. The van der Waals surface area contributed by atoms with Gasteiger partial charge in [-0.25, -0.2) is 0 Å². The van der Waals surface area contributed by atoms with Crippen molar-refractivity contribution in [3.63, 3.8) is 0 Å². The van der Waals surface area contributed by atoms with Gasteiger partial charge in [-0.05, 0) is 44.4 Å². The number of anilines is 1. The van der Waals surface area contributed by atoms with E-state index in [4.69, 9.17) is 11.6 Å². The molecule has 1 unspecified atom stereocenters. The zero-order valence-corrected chi connectivity index (χ0v) is 13.3. The molecule has 1 atom stereocenters. The average molecular weight is 293 g/mol. The Labute approximate surface area is 127 Å². The second-order valence-electron chi connectivity index (χ2n) is 6.65. The zero-order valence-electron chi connectivity index (χ0n) is 12.6. The van der Waals surface area contributed by atoms with Crippen LogP contribution in [0.5, 0.6) is 0 Å². The lowest BCUT2D eigenvalue weighted by Crippen LogP contribution is -2.64. The van der Waals surface area contributed by atoms with Gasteiger partial charge in [-0.15, -0.1) is 0 Å². The minimum atomic E-state index is 0.317. The first-order chi connectivity index (χ1) is 9.60. The van der Waals surface area contributed by atoms with Gasteiger partial charge in [0.2, 0.25) is 0 Å². The molecule has 1 spiro atoms. The predicted octanol–water partition coefficient (Wildman–Crippen LogP) is 4.15. The fraction of sp³-hybridized carbons (Fsp3) is 0.647. The Balaban J connectivity index is 1.88. The van der Waals surface area contributed by atoms with Gasteiger partial charge in [-0.3, -0.25) is 0 Å². The van der Waals surface area contributed by atoms with Gasteiger partial charge >= 0.3 is 0 Å². The highest BCUT2D eigenvalue weighted by Crippen LogP contribution is 2.36. The van der Waals surface area contributed by atoms with Crippen molar-refractivity contribution in [3.8, 4) is 0 Å². The fourth-order valence-electron chi connectivity index (χ4n) is 3.74. The van der Waals surface area contributed by atoms with Crippen LogP contribution in [0.25, 0.3) is 0 Å². The minimum Gasteiger partial charge on any atom is -0.364 e. The van der Waals surface area contributed by atoms with E-state index in [1.54, 1.807) is 0 Å². The van der Waals surface area contributed by atoms with E-state index in [-0.39, 0.29) is 0 Å². The molecule has 2 aliphatic rings. The van der Waals surface area contributed by atoms with E-state index in [0.717, 1.165) is 18.1 Å². The smallest absolute Gasteiger partial charge is 0.0639 e. The molecule has 1 aliphatic heterocycles. The second-order valence-corrected chi connectivity index (χ2v) is 7.06. The molecule has 2 nitrogen and oxygen atoms in total. The summed E-state index contributed by atoms with van der Waals surface area (Å²) in [5, 5.41) is 4.72. The van der Waals surface area contributed by atoms with Crippen LogP contribution in [0.1, 0.15) is 44.6 Å². The summed E-state index contributed by atoms with van der Waals surface area (Å²) in [5.41, 5.74) is 2.82. The molecule has 0 amide bonds. The van der Waals surface area contributed by atoms with Crippen molar-refractivity contribution in [1.82, 2.24) is 5.32 Å². The van der Waals surface area contributed by atoms with Crippen molar-refractivity contribution >= 4 is 17.3 Å². The van der Waals surface area contributed by atoms with E-state index in [2.05, 4.69) is 36.2 Å². The van der Waals surface area contributed by atoms with Gasteiger partial charge in [0.05, 0.1) is 10.7 Å². The normalized spacial score (nSPS) is 25.9. The van der Waals surface area contributed by atoms with Crippen LogP contribution in [-0.2, 0) is 0 Å².